The molecule has 0 aliphatic heterocycles. The monoisotopic (exact) mass is 258 g/mol. The van der Waals surface area contributed by atoms with E-state index in [2.05, 4.69) is 4.98 Å². The van der Waals surface area contributed by atoms with Crippen LogP contribution in [-0.2, 0) is 13.2 Å². The fraction of sp³-hybridized carbons (Fsp3) is 0.267. The van der Waals surface area contributed by atoms with Gasteiger partial charge in [0.25, 0.3) is 0 Å². The molecule has 2 N–H and O–H groups in total. The first-order valence-electron chi connectivity index (χ1n) is 6.29. The van der Waals surface area contributed by atoms with Gasteiger partial charge >= 0.3 is 0 Å². The van der Waals surface area contributed by atoms with Crippen LogP contribution in [0, 0.1) is 0 Å². The van der Waals surface area contributed by atoms with Crippen molar-refractivity contribution in [2.24, 2.45) is 0 Å². The van der Waals surface area contributed by atoms with Crippen molar-refractivity contribution in [2.75, 3.05) is 18.1 Å². The molecular formula is C15H18N2O2. The summed E-state index contributed by atoms with van der Waals surface area (Å²) in [5, 5.41) is 18.6. The second kappa shape index (κ2) is 6.87. The maximum atomic E-state index is 9.37. The summed E-state index contributed by atoms with van der Waals surface area (Å²) in [6.07, 6.45) is 1.70. The van der Waals surface area contributed by atoms with E-state index >= 15 is 0 Å². The molecule has 0 unspecified atom stereocenters. The van der Waals surface area contributed by atoms with Gasteiger partial charge < -0.3 is 15.1 Å². The molecule has 100 valence electrons. The van der Waals surface area contributed by atoms with Crippen LogP contribution in [0.3, 0.4) is 0 Å². The van der Waals surface area contributed by atoms with Gasteiger partial charge in [-0.3, -0.25) is 0 Å². The molecule has 4 nitrogen and oxygen atoms in total. The molecule has 0 radical (unpaired) electrons. The van der Waals surface area contributed by atoms with E-state index in [9.17, 15) is 10.2 Å². The molecule has 1 heterocycles. The van der Waals surface area contributed by atoms with Crippen LogP contribution in [0.25, 0.3) is 0 Å². The zero-order valence-electron chi connectivity index (χ0n) is 10.7. The minimum atomic E-state index is -0.0557. The zero-order valence-corrected chi connectivity index (χ0v) is 10.7. The van der Waals surface area contributed by atoms with Gasteiger partial charge in [-0.05, 0) is 11.6 Å². The van der Waals surface area contributed by atoms with Gasteiger partial charge in [-0.15, -0.1) is 0 Å². The van der Waals surface area contributed by atoms with Crippen LogP contribution in [-0.4, -0.2) is 28.3 Å². The number of aromatic nitrogens is 1. The van der Waals surface area contributed by atoms with Gasteiger partial charge in [0.1, 0.15) is 5.82 Å². The van der Waals surface area contributed by atoms with Crippen molar-refractivity contribution in [1.29, 1.82) is 0 Å². The quantitative estimate of drug-likeness (QED) is 0.826. The summed E-state index contributed by atoms with van der Waals surface area (Å²) >= 11 is 0. The molecule has 0 atom stereocenters. The van der Waals surface area contributed by atoms with Gasteiger partial charge in [0.2, 0.25) is 0 Å². The van der Waals surface area contributed by atoms with Crippen molar-refractivity contribution in [3.8, 4) is 0 Å². The first-order valence-corrected chi connectivity index (χ1v) is 6.29. The van der Waals surface area contributed by atoms with Crippen molar-refractivity contribution in [1.82, 2.24) is 4.98 Å². The van der Waals surface area contributed by atoms with Gasteiger partial charge in [-0.1, -0.05) is 36.4 Å². The molecule has 1 aromatic heterocycles. The number of aliphatic hydroxyl groups is 2. The topological polar surface area (TPSA) is 56.6 Å². The van der Waals surface area contributed by atoms with Crippen molar-refractivity contribution < 1.29 is 10.2 Å². The molecule has 4 heteroatoms. The lowest BCUT2D eigenvalue weighted by Crippen LogP contribution is -2.28. The predicted octanol–water partition coefficient (Wildman–Crippen LogP) is 1.57. The van der Waals surface area contributed by atoms with E-state index in [-0.39, 0.29) is 13.2 Å². The Bertz CT molecular complexity index is 503. The molecule has 2 rings (SSSR count). The number of nitrogens with zero attached hydrogens (tertiary/aromatic N) is 2. The number of anilines is 1. The Hall–Kier alpha value is -1.91. The summed E-state index contributed by atoms with van der Waals surface area (Å²) in [7, 11) is 0. The average molecular weight is 258 g/mol. The number of pyridine rings is 1. The molecule has 0 aliphatic carbocycles. The molecule has 19 heavy (non-hydrogen) atoms. The van der Waals surface area contributed by atoms with E-state index in [1.165, 1.54) is 0 Å². The van der Waals surface area contributed by atoms with Gasteiger partial charge in [-0.2, -0.15) is 0 Å². The first kappa shape index (κ1) is 13.5. The third kappa shape index (κ3) is 3.53. The third-order valence-electron chi connectivity index (χ3n) is 2.92. The maximum Gasteiger partial charge on any atom is 0.134 e. The highest BCUT2D eigenvalue weighted by molar-refractivity contribution is 5.47. The average Bonchev–Trinajstić information content (AvgIpc) is 2.48. The van der Waals surface area contributed by atoms with E-state index in [1.807, 2.05) is 41.3 Å². The SMILES string of the molecule is OCCN(Cc1ccccc1)c1ncccc1CO. The standard InChI is InChI=1S/C15H18N2O2/c18-10-9-17(11-13-5-2-1-3-6-13)15-14(12-19)7-4-8-16-15/h1-8,18-19H,9-12H2. The molecule has 0 saturated heterocycles. The van der Waals surface area contributed by atoms with Crippen molar-refractivity contribution in [3.63, 3.8) is 0 Å². The molecule has 0 fully saturated rings. The lowest BCUT2D eigenvalue weighted by molar-refractivity contribution is 0.280. The number of aliphatic hydroxyl groups excluding tert-OH is 2. The smallest absolute Gasteiger partial charge is 0.134 e. The van der Waals surface area contributed by atoms with E-state index in [1.54, 1.807) is 12.3 Å². The fourth-order valence-electron chi connectivity index (χ4n) is 2.02. The largest absolute Gasteiger partial charge is 0.395 e. The Labute approximate surface area is 113 Å². The molecule has 1 aromatic carbocycles. The molecule has 0 aliphatic rings. The van der Waals surface area contributed by atoms with Crippen LogP contribution in [0.2, 0.25) is 0 Å². The molecule has 0 spiro atoms. The summed E-state index contributed by atoms with van der Waals surface area (Å²) < 4.78 is 0. The number of hydrogen-bond donors (Lipinski definition) is 2. The predicted molar refractivity (Wildman–Crippen MR) is 74.7 cm³/mol. The minimum absolute atomic E-state index is 0.0499. The third-order valence-corrected chi connectivity index (χ3v) is 2.92. The fourth-order valence-corrected chi connectivity index (χ4v) is 2.02. The number of rotatable bonds is 6. The van der Waals surface area contributed by atoms with Crippen LogP contribution in [0.15, 0.2) is 48.7 Å². The van der Waals surface area contributed by atoms with Crippen LogP contribution < -0.4 is 4.90 Å². The highest BCUT2D eigenvalue weighted by Crippen LogP contribution is 2.19. The molecule has 0 saturated carbocycles. The Morgan fingerprint density at radius 2 is 1.79 bits per heavy atom. The van der Waals surface area contributed by atoms with Crippen LogP contribution >= 0.6 is 0 Å². The van der Waals surface area contributed by atoms with Crippen LogP contribution in [0.1, 0.15) is 11.1 Å². The number of benzene rings is 1. The molecule has 2 aromatic rings. The Morgan fingerprint density at radius 1 is 1.00 bits per heavy atom. The Kier molecular flexibility index (Phi) is 4.89. The highest BCUT2D eigenvalue weighted by Gasteiger charge is 2.12. The minimum Gasteiger partial charge on any atom is -0.395 e. The highest BCUT2D eigenvalue weighted by atomic mass is 16.3. The molecule has 0 bridgehead atoms. The van der Waals surface area contributed by atoms with Crippen molar-refractivity contribution >= 4 is 5.82 Å². The summed E-state index contributed by atoms with van der Waals surface area (Å²) in [4.78, 5) is 6.29. The molecule has 0 amide bonds. The van der Waals surface area contributed by atoms with Crippen molar-refractivity contribution in [3.05, 3.63) is 59.8 Å². The lowest BCUT2D eigenvalue weighted by atomic mass is 10.2. The summed E-state index contributed by atoms with van der Waals surface area (Å²) in [5.74, 6) is 0.725. The Morgan fingerprint density at radius 3 is 2.47 bits per heavy atom. The number of hydrogen-bond acceptors (Lipinski definition) is 4. The normalized spacial score (nSPS) is 10.4. The first-order chi connectivity index (χ1) is 9.35. The summed E-state index contributed by atoms with van der Waals surface area (Å²) in [6, 6.07) is 13.7. The zero-order chi connectivity index (χ0) is 13.5. The van der Waals surface area contributed by atoms with E-state index in [4.69, 9.17) is 0 Å². The van der Waals surface area contributed by atoms with E-state index in [0.717, 1.165) is 16.9 Å². The second-order valence-electron chi connectivity index (χ2n) is 4.28. The summed E-state index contributed by atoms with van der Waals surface area (Å²) in [5.41, 5.74) is 1.91. The molecular weight excluding hydrogens is 240 g/mol. The maximum absolute atomic E-state index is 9.37. The van der Waals surface area contributed by atoms with Gasteiger partial charge in [-0.25, -0.2) is 4.98 Å². The Balaban J connectivity index is 2.24. The van der Waals surface area contributed by atoms with E-state index < -0.39 is 0 Å². The summed E-state index contributed by atoms with van der Waals surface area (Å²) in [6.45, 7) is 1.14. The van der Waals surface area contributed by atoms with E-state index in [0.29, 0.717) is 13.1 Å². The van der Waals surface area contributed by atoms with Gasteiger partial charge in [0.15, 0.2) is 0 Å². The lowest BCUT2D eigenvalue weighted by Gasteiger charge is -2.24. The van der Waals surface area contributed by atoms with Crippen LogP contribution in [0.4, 0.5) is 5.82 Å². The van der Waals surface area contributed by atoms with Gasteiger partial charge in [0, 0.05) is 24.8 Å². The van der Waals surface area contributed by atoms with Crippen LogP contribution in [0.5, 0.6) is 0 Å². The second-order valence-corrected chi connectivity index (χ2v) is 4.28. The van der Waals surface area contributed by atoms with Crippen molar-refractivity contribution in [2.45, 2.75) is 13.2 Å². The van der Waals surface area contributed by atoms with Gasteiger partial charge in [0.05, 0.1) is 13.2 Å².